The van der Waals surface area contributed by atoms with E-state index in [2.05, 4.69) is 17.0 Å². The second-order valence-corrected chi connectivity index (χ2v) is 9.21. The van der Waals surface area contributed by atoms with Gasteiger partial charge in [-0.2, -0.15) is 0 Å². The fourth-order valence-electron chi connectivity index (χ4n) is 2.95. The lowest BCUT2D eigenvalue weighted by Crippen LogP contribution is -2.57. The number of carbonyl (C=O) groups is 1. The Kier molecular flexibility index (Phi) is 5.76. The molecule has 2 atom stereocenters. The maximum Gasteiger partial charge on any atom is 0.254 e. The minimum Gasteiger partial charge on any atom is -0.333 e. The standard InChI is InChI=1S/C18H23N3O3S2/c1-13-14(2)21(10-9-19-13)18(22)15-5-7-17(8-6-15)26(23,24)20-12-16-4-3-11-25-16/h3-8,11,13-14,19-20H,9-10,12H2,1-2H3. The van der Waals surface area contributed by atoms with E-state index >= 15 is 0 Å². The van der Waals surface area contributed by atoms with Crippen molar-refractivity contribution >= 4 is 27.3 Å². The number of carbonyl (C=O) groups excluding carboxylic acids is 1. The van der Waals surface area contributed by atoms with E-state index in [1.54, 1.807) is 12.1 Å². The van der Waals surface area contributed by atoms with Crippen LogP contribution in [0.25, 0.3) is 0 Å². The Bertz CT molecular complexity index is 848. The van der Waals surface area contributed by atoms with Crippen molar-refractivity contribution in [3.05, 3.63) is 52.2 Å². The quantitative estimate of drug-likeness (QED) is 0.815. The van der Waals surface area contributed by atoms with Crippen molar-refractivity contribution in [2.75, 3.05) is 13.1 Å². The zero-order chi connectivity index (χ0) is 18.7. The van der Waals surface area contributed by atoms with Crippen molar-refractivity contribution in [1.29, 1.82) is 0 Å². The summed E-state index contributed by atoms with van der Waals surface area (Å²) >= 11 is 1.50. The molecule has 26 heavy (non-hydrogen) atoms. The van der Waals surface area contributed by atoms with Crippen LogP contribution in [-0.2, 0) is 16.6 Å². The summed E-state index contributed by atoms with van der Waals surface area (Å²) in [5, 5.41) is 5.25. The predicted octanol–water partition coefficient (Wildman–Crippen LogP) is 2.05. The average molecular weight is 394 g/mol. The first kappa shape index (κ1) is 19.0. The van der Waals surface area contributed by atoms with E-state index < -0.39 is 10.0 Å². The van der Waals surface area contributed by atoms with Crippen LogP contribution in [0.5, 0.6) is 0 Å². The van der Waals surface area contributed by atoms with Gasteiger partial charge in [0, 0.05) is 42.2 Å². The summed E-state index contributed by atoms with van der Waals surface area (Å²) in [4.78, 5) is 15.7. The Morgan fingerprint density at radius 1 is 1.27 bits per heavy atom. The minimum atomic E-state index is -3.60. The van der Waals surface area contributed by atoms with Gasteiger partial charge in [0.15, 0.2) is 0 Å². The van der Waals surface area contributed by atoms with Gasteiger partial charge >= 0.3 is 0 Å². The minimum absolute atomic E-state index is 0.0682. The smallest absolute Gasteiger partial charge is 0.254 e. The van der Waals surface area contributed by atoms with Crippen LogP contribution in [0.1, 0.15) is 29.1 Å². The number of nitrogens with zero attached hydrogens (tertiary/aromatic N) is 1. The molecule has 2 heterocycles. The van der Waals surface area contributed by atoms with E-state index in [4.69, 9.17) is 0 Å². The van der Waals surface area contributed by atoms with E-state index in [1.165, 1.54) is 23.5 Å². The first-order valence-electron chi connectivity index (χ1n) is 8.55. The van der Waals surface area contributed by atoms with E-state index in [-0.39, 0.29) is 29.4 Å². The Morgan fingerprint density at radius 3 is 2.65 bits per heavy atom. The molecule has 1 aliphatic heterocycles. The third kappa shape index (κ3) is 4.15. The molecule has 2 N–H and O–H groups in total. The van der Waals surface area contributed by atoms with Crippen LogP contribution < -0.4 is 10.0 Å². The van der Waals surface area contributed by atoms with E-state index in [0.29, 0.717) is 12.1 Å². The highest BCUT2D eigenvalue weighted by atomic mass is 32.2. The lowest BCUT2D eigenvalue weighted by molar-refractivity contribution is 0.0603. The number of thiophene rings is 1. The summed E-state index contributed by atoms with van der Waals surface area (Å²) in [5.74, 6) is -0.0682. The van der Waals surface area contributed by atoms with Crippen molar-refractivity contribution in [2.24, 2.45) is 0 Å². The zero-order valence-corrected chi connectivity index (χ0v) is 16.4. The zero-order valence-electron chi connectivity index (χ0n) is 14.8. The molecule has 2 unspecified atom stereocenters. The molecule has 1 aromatic carbocycles. The van der Waals surface area contributed by atoms with Gasteiger partial charge in [0.1, 0.15) is 0 Å². The third-order valence-corrected chi connectivity index (χ3v) is 7.02. The molecule has 0 radical (unpaired) electrons. The second kappa shape index (κ2) is 7.87. The fourth-order valence-corrected chi connectivity index (χ4v) is 4.69. The molecular weight excluding hydrogens is 370 g/mol. The van der Waals surface area contributed by atoms with E-state index in [0.717, 1.165) is 11.4 Å². The lowest BCUT2D eigenvalue weighted by Gasteiger charge is -2.38. The second-order valence-electron chi connectivity index (χ2n) is 6.41. The van der Waals surface area contributed by atoms with Crippen LogP contribution in [0, 0.1) is 0 Å². The maximum absolute atomic E-state index is 12.7. The van der Waals surface area contributed by atoms with Gasteiger partial charge in [0.25, 0.3) is 5.91 Å². The van der Waals surface area contributed by atoms with Crippen molar-refractivity contribution in [3.8, 4) is 0 Å². The normalized spacial score (nSPS) is 20.9. The van der Waals surface area contributed by atoms with E-state index in [9.17, 15) is 13.2 Å². The van der Waals surface area contributed by atoms with Crippen LogP contribution in [-0.4, -0.2) is 44.4 Å². The molecule has 8 heteroatoms. The van der Waals surface area contributed by atoms with Crippen molar-refractivity contribution in [3.63, 3.8) is 0 Å². The van der Waals surface area contributed by atoms with Gasteiger partial charge in [-0.25, -0.2) is 13.1 Å². The molecule has 0 saturated carbocycles. The number of benzene rings is 1. The number of hydrogen-bond acceptors (Lipinski definition) is 5. The Labute approximate surface area is 158 Å². The number of rotatable bonds is 5. The Balaban J connectivity index is 1.70. The van der Waals surface area contributed by atoms with Gasteiger partial charge in [-0.05, 0) is 49.6 Å². The number of nitrogens with one attached hydrogen (secondary N) is 2. The highest BCUT2D eigenvalue weighted by molar-refractivity contribution is 7.89. The van der Waals surface area contributed by atoms with Crippen LogP contribution >= 0.6 is 11.3 Å². The molecule has 1 aromatic heterocycles. The van der Waals surface area contributed by atoms with Gasteiger partial charge < -0.3 is 10.2 Å². The SMILES string of the molecule is CC1NCCN(C(=O)c2ccc(S(=O)(=O)NCc3cccs3)cc2)C1C. The molecule has 6 nitrogen and oxygen atoms in total. The molecule has 3 rings (SSSR count). The molecule has 140 valence electrons. The summed E-state index contributed by atoms with van der Waals surface area (Å²) in [6, 6.07) is 10.2. The molecular formula is C18H23N3O3S2. The van der Waals surface area contributed by atoms with Crippen molar-refractivity contribution in [1.82, 2.24) is 14.9 Å². The van der Waals surface area contributed by atoms with Crippen LogP contribution in [0.4, 0.5) is 0 Å². The molecule has 0 aliphatic carbocycles. The third-order valence-electron chi connectivity index (χ3n) is 4.72. The summed E-state index contributed by atoms with van der Waals surface area (Å²) in [7, 11) is -3.60. The van der Waals surface area contributed by atoms with Crippen LogP contribution in [0.3, 0.4) is 0 Å². The first-order valence-corrected chi connectivity index (χ1v) is 10.9. The molecule has 0 bridgehead atoms. The first-order chi connectivity index (χ1) is 12.4. The molecule has 1 aliphatic rings. The summed E-state index contributed by atoms with van der Waals surface area (Å²) in [6.45, 7) is 5.74. The van der Waals surface area contributed by atoms with Crippen molar-refractivity contribution < 1.29 is 13.2 Å². The number of piperazine rings is 1. The maximum atomic E-state index is 12.7. The molecule has 1 saturated heterocycles. The van der Waals surface area contributed by atoms with Crippen LogP contribution in [0.2, 0.25) is 0 Å². The fraction of sp³-hybridized carbons (Fsp3) is 0.389. The summed E-state index contributed by atoms with van der Waals surface area (Å²) < 4.78 is 27.4. The number of hydrogen-bond donors (Lipinski definition) is 2. The number of sulfonamides is 1. The molecule has 2 aromatic rings. The van der Waals surface area contributed by atoms with E-state index in [1.807, 2.05) is 29.3 Å². The topological polar surface area (TPSA) is 78.5 Å². The Hall–Kier alpha value is -1.74. The van der Waals surface area contributed by atoms with Gasteiger partial charge in [-0.15, -0.1) is 11.3 Å². The monoisotopic (exact) mass is 393 g/mol. The van der Waals surface area contributed by atoms with Gasteiger partial charge in [0.2, 0.25) is 10.0 Å². The van der Waals surface area contributed by atoms with Gasteiger partial charge in [-0.3, -0.25) is 4.79 Å². The molecule has 1 fully saturated rings. The highest BCUT2D eigenvalue weighted by Crippen LogP contribution is 2.17. The van der Waals surface area contributed by atoms with Crippen LogP contribution in [0.15, 0.2) is 46.7 Å². The summed E-state index contributed by atoms with van der Waals surface area (Å²) in [5.41, 5.74) is 0.503. The lowest BCUT2D eigenvalue weighted by atomic mass is 10.1. The largest absolute Gasteiger partial charge is 0.333 e. The Morgan fingerprint density at radius 2 is 2.00 bits per heavy atom. The van der Waals surface area contributed by atoms with Gasteiger partial charge in [0.05, 0.1) is 4.90 Å². The predicted molar refractivity (Wildman–Crippen MR) is 103 cm³/mol. The van der Waals surface area contributed by atoms with Gasteiger partial charge in [-0.1, -0.05) is 6.07 Å². The molecule has 1 amide bonds. The highest BCUT2D eigenvalue weighted by Gasteiger charge is 2.28. The average Bonchev–Trinajstić information content (AvgIpc) is 3.16. The van der Waals surface area contributed by atoms with Crippen molar-refractivity contribution in [2.45, 2.75) is 37.4 Å². The number of amides is 1. The molecule has 0 spiro atoms. The summed E-state index contributed by atoms with van der Waals surface area (Å²) in [6.07, 6.45) is 0.